The predicted molar refractivity (Wildman–Crippen MR) is 107 cm³/mol. The van der Waals surface area contributed by atoms with Gasteiger partial charge in [-0.25, -0.2) is 4.79 Å². The van der Waals surface area contributed by atoms with Gasteiger partial charge in [-0.1, -0.05) is 20.3 Å². The molecule has 168 valence electrons. The molecule has 0 saturated carbocycles. The quantitative estimate of drug-likeness (QED) is 0.158. The Morgan fingerprint density at radius 1 is 0.931 bits per heavy atom. The predicted octanol–water partition coefficient (Wildman–Crippen LogP) is -1.96. The number of amides is 3. The third-order valence-electron chi connectivity index (χ3n) is 4.58. The number of carbonyl (C=O) groups is 4. The Bertz CT molecular complexity index is 557. The highest BCUT2D eigenvalue weighted by atomic mass is 16.4. The molecular weight excluding hydrogens is 382 g/mol. The van der Waals surface area contributed by atoms with Crippen LogP contribution in [-0.2, 0) is 19.2 Å². The lowest BCUT2D eigenvalue weighted by Crippen LogP contribution is -2.59. The summed E-state index contributed by atoms with van der Waals surface area (Å²) in [6.07, 6.45) is 1.90. The molecule has 5 atom stereocenters. The van der Waals surface area contributed by atoms with Gasteiger partial charge in [-0.15, -0.1) is 0 Å². The number of unbranched alkanes of at least 4 members (excludes halogenated alkanes) is 1. The zero-order valence-corrected chi connectivity index (χ0v) is 17.3. The van der Waals surface area contributed by atoms with Gasteiger partial charge in [0.25, 0.3) is 0 Å². The van der Waals surface area contributed by atoms with E-state index in [0.717, 1.165) is 0 Å². The van der Waals surface area contributed by atoms with Crippen LogP contribution in [0.2, 0.25) is 0 Å². The van der Waals surface area contributed by atoms with Gasteiger partial charge in [-0.2, -0.15) is 0 Å². The summed E-state index contributed by atoms with van der Waals surface area (Å²) in [7, 11) is 0. The van der Waals surface area contributed by atoms with E-state index in [9.17, 15) is 29.4 Å². The largest absolute Gasteiger partial charge is 0.480 e. The Morgan fingerprint density at radius 2 is 1.52 bits per heavy atom. The van der Waals surface area contributed by atoms with Crippen molar-refractivity contribution >= 4 is 23.7 Å². The SMILES string of the molecule is CCC(C)C(NC(=O)C(CO)NC(=O)C(C)N)C(=O)NC(CCCCN)C(=O)O. The lowest BCUT2D eigenvalue weighted by atomic mass is 9.97. The molecule has 0 radical (unpaired) electrons. The van der Waals surface area contributed by atoms with Crippen molar-refractivity contribution in [2.75, 3.05) is 13.2 Å². The van der Waals surface area contributed by atoms with E-state index in [1.165, 1.54) is 6.92 Å². The third-order valence-corrected chi connectivity index (χ3v) is 4.58. The summed E-state index contributed by atoms with van der Waals surface area (Å²) in [6, 6.07) is -4.31. The van der Waals surface area contributed by atoms with Crippen molar-refractivity contribution in [1.82, 2.24) is 16.0 Å². The van der Waals surface area contributed by atoms with E-state index >= 15 is 0 Å². The molecule has 0 spiro atoms. The first-order valence-corrected chi connectivity index (χ1v) is 9.79. The number of hydrogen-bond donors (Lipinski definition) is 7. The zero-order chi connectivity index (χ0) is 22.6. The Balaban J connectivity index is 5.22. The molecule has 3 amide bonds. The van der Waals surface area contributed by atoms with Crippen LogP contribution in [0, 0.1) is 5.92 Å². The second kappa shape index (κ2) is 13.9. The fraction of sp³-hybridized carbons (Fsp3) is 0.778. The minimum absolute atomic E-state index is 0.211. The lowest BCUT2D eigenvalue weighted by molar-refractivity contribution is -0.143. The standard InChI is InChI=1S/C18H35N5O6/c1-4-10(2)14(17(27)21-12(18(28)29)7-5-6-8-19)23-16(26)13(9-24)22-15(25)11(3)20/h10-14,24H,4-9,19-20H2,1-3H3,(H,21,27)(H,22,25)(H,23,26)(H,28,29). The molecule has 0 heterocycles. The molecule has 0 aromatic heterocycles. The van der Waals surface area contributed by atoms with Crippen LogP contribution in [0.1, 0.15) is 46.5 Å². The number of nitrogens with one attached hydrogen (secondary N) is 3. The van der Waals surface area contributed by atoms with Gasteiger partial charge >= 0.3 is 5.97 Å². The summed E-state index contributed by atoms with van der Waals surface area (Å²) in [4.78, 5) is 48.3. The Kier molecular flexibility index (Phi) is 12.8. The molecule has 0 aliphatic carbocycles. The zero-order valence-electron chi connectivity index (χ0n) is 17.3. The van der Waals surface area contributed by atoms with E-state index in [2.05, 4.69) is 16.0 Å². The minimum Gasteiger partial charge on any atom is -0.480 e. The van der Waals surface area contributed by atoms with Crippen molar-refractivity contribution in [3.05, 3.63) is 0 Å². The summed E-state index contributed by atoms with van der Waals surface area (Å²) in [6.45, 7) is 4.70. The maximum absolute atomic E-state index is 12.7. The molecule has 0 aliphatic rings. The van der Waals surface area contributed by atoms with Crippen molar-refractivity contribution in [3.8, 4) is 0 Å². The smallest absolute Gasteiger partial charge is 0.326 e. The van der Waals surface area contributed by atoms with Crippen molar-refractivity contribution in [2.24, 2.45) is 17.4 Å². The molecule has 5 unspecified atom stereocenters. The van der Waals surface area contributed by atoms with Crippen LogP contribution < -0.4 is 27.4 Å². The molecule has 0 bridgehead atoms. The van der Waals surface area contributed by atoms with E-state index in [-0.39, 0.29) is 12.3 Å². The van der Waals surface area contributed by atoms with Gasteiger partial charge in [0.05, 0.1) is 12.6 Å². The fourth-order valence-corrected chi connectivity index (χ4v) is 2.46. The van der Waals surface area contributed by atoms with Gasteiger partial charge in [0.15, 0.2) is 0 Å². The Labute approximate surface area is 171 Å². The maximum Gasteiger partial charge on any atom is 0.326 e. The number of nitrogens with two attached hydrogens (primary N) is 2. The van der Waals surface area contributed by atoms with Crippen LogP contribution >= 0.6 is 0 Å². The lowest BCUT2D eigenvalue weighted by Gasteiger charge is -2.27. The van der Waals surface area contributed by atoms with E-state index in [1.807, 2.05) is 6.92 Å². The Hall–Kier alpha value is -2.24. The normalized spacial score (nSPS) is 16.1. The molecule has 0 rings (SSSR count). The number of hydrogen-bond acceptors (Lipinski definition) is 7. The topological polar surface area (TPSA) is 197 Å². The molecule has 9 N–H and O–H groups in total. The van der Waals surface area contributed by atoms with E-state index in [4.69, 9.17) is 11.5 Å². The molecular formula is C18H35N5O6. The first-order valence-electron chi connectivity index (χ1n) is 9.79. The highest BCUT2D eigenvalue weighted by Gasteiger charge is 2.32. The van der Waals surface area contributed by atoms with E-state index < -0.39 is 54.5 Å². The monoisotopic (exact) mass is 417 g/mol. The van der Waals surface area contributed by atoms with Crippen LogP contribution in [0.15, 0.2) is 0 Å². The van der Waals surface area contributed by atoms with Gasteiger partial charge in [0.1, 0.15) is 18.1 Å². The number of carboxylic acid groups (broad SMARTS) is 1. The number of aliphatic hydroxyl groups excluding tert-OH is 1. The van der Waals surface area contributed by atoms with Gasteiger partial charge in [-0.3, -0.25) is 14.4 Å². The molecule has 0 aliphatic heterocycles. The Morgan fingerprint density at radius 3 is 1.97 bits per heavy atom. The van der Waals surface area contributed by atoms with E-state index in [0.29, 0.717) is 25.8 Å². The summed E-state index contributed by atoms with van der Waals surface area (Å²) >= 11 is 0. The van der Waals surface area contributed by atoms with Crippen molar-refractivity contribution in [1.29, 1.82) is 0 Å². The number of rotatable bonds is 14. The van der Waals surface area contributed by atoms with Gasteiger partial charge < -0.3 is 37.6 Å². The van der Waals surface area contributed by atoms with Gasteiger partial charge in [-0.05, 0) is 38.6 Å². The van der Waals surface area contributed by atoms with Crippen molar-refractivity contribution in [2.45, 2.75) is 70.6 Å². The second-order valence-corrected chi connectivity index (χ2v) is 7.09. The maximum atomic E-state index is 12.7. The molecule has 29 heavy (non-hydrogen) atoms. The second-order valence-electron chi connectivity index (χ2n) is 7.09. The molecule has 0 aromatic rings. The van der Waals surface area contributed by atoms with Crippen LogP contribution in [0.25, 0.3) is 0 Å². The average Bonchev–Trinajstić information content (AvgIpc) is 2.67. The summed E-state index contributed by atoms with van der Waals surface area (Å²) in [5, 5.41) is 26.0. The number of aliphatic hydroxyl groups is 1. The van der Waals surface area contributed by atoms with Crippen molar-refractivity contribution < 1.29 is 29.4 Å². The van der Waals surface area contributed by atoms with Crippen molar-refractivity contribution in [3.63, 3.8) is 0 Å². The fourth-order valence-electron chi connectivity index (χ4n) is 2.46. The first kappa shape index (κ1) is 26.8. The number of carboxylic acids is 1. The summed E-state index contributed by atoms with van der Waals surface area (Å²) in [5.74, 6) is -3.54. The molecule has 11 nitrogen and oxygen atoms in total. The molecule has 11 heteroatoms. The first-order chi connectivity index (χ1) is 13.6. The summed E-state index contributed by atoms with van der Waals surface area (Å²) < 4.78 is 0. The summed E-state index contributed by atoms with van der Waals surface area (Å²) in [5.41, 5.74) is 10.8. The van der Waals surface area contributed by atoms with Gasteiger partial charge in [0, 0.05) is 0 Å². The minimum atomic E-state index is -1.28. The highest BCUT2D eigenvalue weighted by Crippen LogP contribution is 2.10. The van der Waals surface area contributed by atoms with Crippen LogP contribution in [0.3, 0.4) is 0 Å². The van der Waals surface area contributed by atoms with Crippen LogP contribution in [0.5, 0.6) is 0 Å². The molecule has 0 saturated heterocycles. The average molecular weight is 418 g/mol. The van der Waals surface area contributed by atoms with Crippen LogP contribution in [0.4, 0.5) is 0 Å². The number of aliphatic carboxylic acids is 1. The molecule has 0 fully saturated rings. The highest BCUT2D eigenvalue weighted by molar-refractivity contribution is 5.94. The van der Waals surface area contributed by atoms with Gasteiger partial charge in [0.2, 0.25) is 17.7 Å². The third kappa shape index (κ3) is 9.68. The number of carbonyl (C=O) groups excluding carboxylic acids is 3. The van der Waals surface area contributed by atoms with E-state index in [1.54, 1.807) is 6.92 Å². The van der Waals surface area contributed by atoms with Crippen LogP contribution in [-0.4, -0.2) is 71.2 Å². The molecule has 0 aromatic carbocycles.